The fourth-order valence-electron chi connectivity index (χ4n) is 2.23. The zero-order chi connectivity index (χ0) is 13.2. The second-order valence-electron chi connectivity index (χ2n) is 4.37. The lowest BCUT2D eigenvalue weighted by Gasteiger charge is -2.03. The van der Waals surface area contributed by atoms with Crippen molar-refractivity contribution in [1.29, 1.82) is 0 Å². The van der Waals surface area contributed by atoms with Crippen LogP contribution in [0.3, 0.4) is 0 Å². The van der Waals surface area contributed by atoms with E-state index >= 15 is 0 Å². The summed E-state index contributed by atoms with van der Waals surface area (Å²) in [6.07, 6.45) is 4.02. The van der Waals surface area contributed by atoms with Crippen LogP contribution in [0, 0.1) is 0 Å². The van der Waals surface area contributed by atoms with Gasteiger partial charge in [-0.25, -0.2) is 4.98 Å². The van der Waals surface area contributed by atoms with Crippen LogP contribution in [0.15, 0.2) is 42.0 Å². The lowest BCUT2D eigenvalue weighted by atomic mass is 10.1. The lowest BCUT2D eigenvalue weighted by molar-refractivity contribution is 0.0991. The van der Waals surface area contributed by atoms with E-state index in [0.29, 0.717) is 6.42 Å². The summed E-state index contributed by atoms with van der Waals surface area (Å²) in [6.45, 7) is 2.89. The summed E-state index contributed by atoms with van der Waals surface area (Å²) in [6, 6.07) is 8.02. The van der Waals surface area contributed by atoms with Crippen molar-refractivity contribution in [2.24, 2.45) is 0 Å². The molecule has 4 heteroatoms. The zero-order valence-electron chi connectivity index (χ0n) is 10.7. The van der Waals surface area contributed by atoms with Gasteiger partial charge in [-0.15, -0.1) is 11.3 Å². The van der Waals surface area contributed by atoms with Crippen LogP contribution in [0.25, 0.3) is 10.1 Å². The minimum absolute atomic E-state index is 0.137. The van der Waals surface area contributed by atoms with Crippen LogP contribution in [-0.2, 0) is 13.0 Å². The SMILES string of the molecule is CCn1ccnc1CC(=O)c1csc2ccccc12. The fourth-order valence-corrected chi connectivity index (χ4v) is 3.19. The number of rotatable bonds is 4. The van der Waals surface area contributed by atoms with Crippen LogP contribution in [0.1, 0.15) is 23.1 Å². The number of thiophene rings is 1. The molecule has 0 saturated carbocycles. The van der Waals surface area contributed by atoms with E-state index in [4.69, 9.17) is 0 Å². The highest BCUT2D eigenvalue weighted by Gasteiger charge is 2.14. The molecule has 2 heterocycles. The highest BCUT2D eigenvalue weighted by molar-refractivity contribution is 7.17. The number of hydrogen-bond acceptors (Lipinski definition) is 3. The molecule has 0 spiro atoms. The van der Waals surface area contributed by atoms with Crippen molar-refractivity contribution in [3.63, 3.8) is 0 Å². The first-order valence-electron chi connectivity index (χ1n) is 6.29. The van der Waals surface area contributed by atoms with Crippen molar-refractivity contribution in [3.8, 4) is 0 Å². The number of Topliss-reactive ketones (excluding diaryl/α,β-unsaturated/α-hetero) is 1. The maximum absolute atomic E-state index is 12.4. The molecular formula is C15H14N2OS. The highest BCUT2D eigenvalue weighted by Crippen LogP contribution is 2.26. The van der Waals surface area contributed by atoms with E-state index in [9.17, 15) is 4.79 Å². The van der Waals surface area contributed by atoms with Gasteiger partial charge in [-0.1, -0.05) is 18.2 Å². The number of hydrogen-bond donors (Lipinski definition) is 0. The van der Waals surface area contributed by atoms with Crippen LogP contribution in [0.4, 0.5) is 0 Å². The first-order chi connectivity index (χ1) is 9.29. The summed E-state index contributed by atoms with van der Waals surface area (Å²) in [5.41, 5.74) is 0.811. The molecule has 0 unspecified atom stereocenters. The Bertz CT molecular complexity index is 726. The molecule has 1 aromatic carbocycles. The molecule has 3 nitrogen and oxygen atoms in total. The van der Waals surface area contributed by atoms with Crippen molar-refractivity contribution < 1.29 is 4.79 Å². The van der Waals surface area contributed by atoms with E-state index in [2.05, 4.69) is 11.9 Å². The number of carbonyl (C=O) groups is 1. The fraction of sp³-hybridized carbons (Fsp3) is 0.200. The third-order valence-corrected chi connectivity index (χ3v) is 4.21. The van der Waals surface area contributed by atoms with E-state index in [-0.39, 0.29) is 5.78 Å². The molecule has 0 aliphatic rings. The summed E-state index contributed by atoms with van der Waals surface area (Å²) in [4.78, 5) is 16.7. The van der Waals surface area contributed by atoms with E-state index in [0.717, 1.165) is 28.0 Å². The molecule has 0 amide bonds. The molecule has 0 fully saturated rings. The van der Waals surface area contributed by atoms with Gasteiger partial charge in [-0.05, 0) is 13.0 Å². The van der Waals surface area contributed by atoms with Crippen LogP contribution < -0.4 is 0 Å². The van der Waals surface area contributed by atoms with Gasteiger partial charge < -0.3 is 4.57 Å². The molecule has 0 radical (unpaired) electrons. The van der Waals surface area contributed by atoms with Gasteiger partial charge in [-0.3, -0.25) is 4.79 Å². The monoisotopic (exact) mass is 270 g/mol. The standard InChI is InChI=1S/C15H14N2OS/c1-2-17-8-7-16-15(17)9-13(18)12-10-19-14-6-4-3-5-11(12)14/h3-8,10H,2,9H2,1H3. The molecule has 0 bridgehead atoms. The summed E-state index contributed by atoms with van der Waals surface area (Å²) in [7, 11) is 0. The molecule has 0 atom stereocenters. The summed E-state index contributed by atoms with van der Waals surface area (Å²) in [5, 5.41) is 3.00. The van der Waals surface area contributed by atoms with Gasteiger partial charge in [0.05, 0.1) is 6.42 Å². The number of nitrogens with zero attached hydrogens (tertiary/aromatic N) is 2. The lowest BCUT2D eigenvalue weighted by Crippen LogP contribution is -2.09. The van der Waals surface area contributed by atoms with Crippen molar-refractivity contribution in [2.45, 2.75) is 19.9 Å². The van der Waals surface area contributed by atoms with Crippen LogP contribution in [-0.4, -0.2) is 15.3 Å². The van der Waals surface area contributed by atoms with Gasteiger partial charge in [-0.2, -0.15) is 0 Å². The second kappa shape index (κ2) is 4.97. The van der Waals surface area contributed by atoms with Crippen molar-refractivity contribution in [1.82, 2.24) is 9.55 Å². The Balaban J connectivity index is 1.92. The molecule has 2 aromatic heterocycles. The number of benzene rings is 1. The molecule has 0 aliphatic heterocycles. The quantitative estimate of drug-likeness (QED) is 0.680. The first-order valence-corrected chi connectivity index (χ1v) is 7.17. The number of carbonyl (C=O) groups excluding carboxylic acids is 1. The minimum atomic E-state index is 0.137. The molecule has 19 heavy (non-hydrogen) atoms. The molecule has 3 aromatic rings. The summed E-state index contributed by atoms with van der Waals surface area (Å²) < 4.78 is 3.16. The van der Waals surface area contributed by atoms with E-state index in [1.54, 1.807) is 17.5 Å². The Morgan fingerprint density at radius 1 is 1.37 bits per heavy atom. The Morgan fingerprint density at radius 2 is 2.21 bits per heavy atom. The third-order valence-electron chi connectivity index (χ3n) is 3.24. The van der Waals surface area contributed by atoms with Gasteiger partial charge >= 0.3 is 0 Å². The van der Waals surface area contributed by atoms with E-state index in [1.807, 2.05) is 40.4 Å². The van der Waals surface area contributed by atoms with E-state index in [1.165, 1.54) is 0 Å². The average Bonchev–Trinajstić information content (AvgIpc) is 3.04. The van der Waals surface area contributed by atoms with E-state index < -0.39 is 0 Å². The van der Waals surface area contributed by atoms with Crippen LogP contribution >= 0.6 is 11.3 Å². The van der Waals surface area contributed by atoms with Crippen molar-refractivity contribution in [3.05, 3.63) is 53.4 Å². The van der Waals surface area contributed by atoms with Crippen LogP contribution in [0.2, 0.25) is 0 Å². The Kier molecular flexibility index (Phi) is 3.17. The largest absolute Gasteiger partial charge is 0.335 e. The predicted octanol–water partition coefficient (Wildman–Crippen LogP) is 3.54. The highest BCUT2D eigenvalue weighted by atomic mass is 32.1. The smallest absolute Gasteiger partial charge is 0.171 e. The molecule has 0 aliphatic carbocycles. The first kappa shape index (κ1) is 12.1. The van der Waals surface area contributed by atoms with Gasteiger partial charge in [0.1, 0.15) is 5.82 Å². The van der Waals surface area contributed by atoms with Gasteiger partial charge in [0, 0.05) is 40.0 Å². The number of ketones is 1. The Morgan fingerprint density at radius 3 is 3.05 bits per heavy atom. The average molecular weight is 270 g/mol. The molecule has 3 rings (SSSR count). The number of aryl methyl sites for hydroxylation is 1. The summed E-state index contributed by atoms with van der Waals surface area (Å²) in [5.74, 6) is 0.973. The number of imidazole rings is 1. The normalized spacial score (nSPS) is 11.0. The zero-order valence-corrected chi connectivity index (χ0v) is 11.5. The number of fused-ring (bicyclic) bond motifs is 1. The second-order valence-corrected chi connectivity index (χ2v) is 5.29. The van der Waals surface area contributed by atoms with Gasteiger partial charge in [0.25, 0.3) is 0 Å². The topological polar surface area (TPSA) is 34.9 Å². The maximum Gasteiger partial charge on any atom is 0.171 e. The van der Waals surface area contributed by atoms with Gasteiger partial charge in [0.2, 0.25) is 0 Å². The van der Waals surface area contributed by atoms with Crippen LogP contribution in [0.5, 0.6) is 0 Å². The summed E-state index contributed by atoms with van der Waals surface area (Å²) >= 11 is 1.62. The Hall–Kier alpha value is -1.94. The Labute approximate surface area is 115 Å². The maximum atomic E-state index is 12.4. The van der Waals surface area contributed by atoms with Gasteiger partial charge in [0.15, 0.2) is 5.78 Å². The molecular weight excluding hydrogens is 256 g/mol. The molecule has 96 valence electrons. The third kappa shape index (κ3) is 2.19. The van der Waals surface area contributed by atoms with Crippen molar-refractivity contribution in [2.75, 3.05) is 0 Å². The molecule has 0 saturated heterocycles. The molecule has 0 N–H and O–H groups in total. The van der Waals surface area contributed by atoms with Crippen molar-refractivity contribution >= 4 is 27.2 Å². The number of aromatic nitrogens is 2. The predicted molar refractivity (Wildman–Crippen MR) is 77.8 cm³/mol. The minimum Gasteiger partial charge on any atom is -0.335 e.